The van der Waals surface area contributed by atoms with Gasteiger partial charge in [-0.15, -0.1) is 0 Å². The van der Waals surface area contributed by atoms with E-state index in [0.717, 1.165) is 5.69 Å². The number of hydrogen-bond donors (Lipinski definition) is 1. The monoisotopic (exact) mass is 405 g/mol. The zero-order valence-electron chi connectivity index (χ0n) is 16.7. The number of rotatable bonds is 4. The summed E-state index contributed by atoms with van der Waals surface area (Å²) in [5.74, 6) is 0.283. The number of carbonyl (C=O) groups is 1. The topological polar surface area (TPSA) is 90.5 Å². The summed E-state index contributed by atoms with van der Waals surface area (Å²) in [5.41, 5.74) is 1.60. The minimum atomic E-state index is -0.343. The van der Waals surface area contributed by atoms with E-state index in [4.69, 9.17) is 0 Å². The van der Waals surface area contributed by atoms with Gasteiger partial charge in [-0.25, -0.2) is 23.7 Å². The summed E-state index contributed by atoms with van der Waals surface area (Å²) in [6.45, 7) is 6.09. The molecule has 4 rings (SSSR count). The van der Waals surface area contributed by atoms with E-state index < -0.39 is 0 Å². The molecule has 0 aliphatic rings. The highest BCUT2D eigenvalue weighted by atomic mass is 19.1. The van der Waals surface area contributed by atoms with Crippen molar-refractivity contribution < 1.29 is 9.18 Å². The largest absolute Gasteiger partial charge is 0.306 e. The van der Waals surface area contributed by atoms with Gasteiger partial charge in [0.05, 0.1) is 11.4 Å². The number of amides is 1. The maximum absolute atomic E-state index is 13.4. The maximum Gasteiger partial charge on any atom is 0.257 e. The highest BCUT2D eigenvalue weighted by Gasteiger charge is 2.22. The quantitative estimate of drug-likeness (QED) is 0.561. The van der Waals surface area contributed by atoms with E-state index in [1.54, 1.807) is 28.9 Å². The van der Waals surface area contributed by atoms with Crippen LogP contribution in [0.15, 0.2) is 61.3 Å². The van der Waals surface area contributed by atoms with Crippen LogP contribution in [0.2, 0.25) is 0 Å². The van der Waals surface area contributed by atoms with Crippen molar-refractivity contribution in [3.8, 4) is 11.5 Å². The first-order valence-corrected chi connectivity index (χ1v) is 9.30. The molecule has 3 aromatic heterocycles. The predicted octanol–water partition coefficient (Wildman–Crippen LogP) is 3.54. The van der Waals surface area contributed by atoms with Crippen LogP contribution < -0.4 is 5.32 Å². The van der Waals surface area contributed by atoms with Crippen molar-refractivity contribution in [2.24, 2.45) is 0 Å². The van der Waals surface area contributed by atoms with Crippen molar-refractivity contribution in [2.45, 2.75) is 26.2 Å². The Bertz CT molecular complexity index is 1180. The number of halogens is 1. The number of nitrogens with zero attached hydrogens (tertiary/aromatic N) is 6. The Morgan fingerprint density at radius 2 is 1.87 bits per heavy atom. The third kappa shape index (κ3) is 3.95. The normalized spacial score (nSPS) is 11.5. The Morgan fingerprint density at radius 3 is 2.53 bits per heavy atom. The van der Waals surface area contributed by atoms with Crippen LogP contribution in [-0.2, 0) is 5.41 Å². The minimum absolute atomic E-state index is 0.234. The fourth-order valence-corrected chi connectivity index (χ4v) is 2.82. The van der Waals surface area contributed by atoms with Crippen molar-refractivity contribution in [3.63, 3.8) is 0 Å². The van der Waals surface area contributed by atoms with E-state index >= 15 is 0 Å². The number of hydrogen-bond acceptors (Lipinski definition) is 5. The molecule has 0 unspecified atom stereocenters. The molecule has 1 aromatic carbocycles. The first-order valence-electron chi connectivity index (χ1n) is 9.30. The lowest BCUT2D eigenvalue weighted by molar-refractivity contribution is 0.102. The molecule has 30 heavy (non-hydrogen) atoms. The van der Waals surface area contributed by atoms with Crippen molar-refractivity contribution in [3.05, 3.63) is 78.4 Å². The van der Waals surface area contributed by atoms with Crippen LogP contribution in [0.3, 0.4) is 0 Å². The lowest BCUT2D eigenvalue weighted by Crippen LogP contribution is -2.16. The predicted molar refractivity (Wildman–Crippen MR) is 109 cm³/mol. The molecule has 8 nitrogen and oxygen atoms in total. The maximum atomic E-state index is 13.4. The fourth-order valence-electron chi connectivity index (χ4n) is 2.82. The zero-order chi connectivity index (χ0) is 21.3. The number of pyridine rings is 1. The lowest BCUT2D eigenvalue weighted by atomic mass is 9.92. The van der Waals surface area contributed by atoms with Crippen molar-refractivity contribution in [1.29, 1.82) is 0 Å². The highest BCUT2D eigenvalue weighted by molar-refractivity contribution is 6.04. The molecule has 0 aliphatic carbocycles. The van der Waals surface area contributed by atoms with E-state index in [0.29, 0.717) is 22.9 Å². The van der Waals surface area contributed by atoms with Gasteiger partial charge in [0.1, 0.15) is 24.3 Å². The van der Waals surface area contributed by atoms with Crippen LogP contribution in [0.5, 0.6) is 0 Å². The van der Waals surface area contributed by atoms with Crippen LogP contribution in [0.1, 0.15) is 36.8 Å². The molecule has 4 aromatic rings. The van der Waals surface area contributed by atoms with Crippen molar-refractivity contribution in [1.82, 2.24) is 29.5 Å². The van der Waals surface area contributed by atoms with Gasteiger partial charge >= 0.3 is 0 Å². The first kappa shape index (κ1) is 19.4. The average Bonchev–Trinajstić information content (AvgIpc) is 3.39. The molecule has 1 amide bonds. The smallest absolute Gasteiger partial charge is 0.257 e. The van der Waals surface area contributed by atoms with E-state index in [1.165, 1.54) is 35.7 Å². The van der Waals surface area contributed by atoms with Gasteiger partial charge in [-0.2, -0.15) is 10.2 Å². The van der Waals surface area contributed by atoms with Gasteiger partial charge in [-0.3, -0.25) is 4.79 Å². The molecule has 0 bridgehead atoms. The summed E-state index contributed by atoms with van der Waals surface area (Å²) in [4.78, 5) is 21.0. The Hall–Kier alpha value is -3.88. The third-order valence-electron chi connectivity index (χ3n) is 4.45. The summed E-state index contributed by atoms with van der Waals surface area (Å²) < 4.78 is 16.4. The highest BCUT2D eigenvalue weighted by Crippen LogP contribution is 2.26. The molecule has 0 fully saturated rings. The van der Waals surface area contributed by atoms with Gasteiger partial charge in [-0.1, -0.05) is 20.8 Å². The first-order chi connectivity index (χ1) is 14.3. The van der Waals surface area contributed by atoms with E-state index in [1.807, 2.05) is 26.8 Å². The lowest BCUT2D eigenvalue weighted by Gasteiger charge is -2.14. The molecular formula is C21H20FN7O. The Labute approximate surface area is 172 Å². The molecule has 0 radical (unpaired) electrons. The fraction of sp³-hybridized carbons (Fsp3) is 0.190. The molecule has 0 spiro atoms. The molecular weight excluding hydrogens is 385 g/mol. The van der Waals surface area contributed by atoms with Crippen molar-refractivity contribution in [2.75, 3.05) is 5.32 Å². The number of anilines is 1. The van der Waals surface area contributed by atoms with Crippen LogP contribution >= 0.6 is 0 Å². The van der Waals surface area contributed by atoms with Gasteiger partial charge in [0.15, 0.2) is 5.82 Å². The standard InChI is InChI=1S/C21H20FN7O/c1-21(2,3)17-11-19(29(27-17)16-6-4-15(22)5-7-16)26-20(30)14-8-9-24-18(10-14)28-13-23-12-25-28/h4-13H,1-3H3,(H,26,30). The van der Waals surface area contributed by atoms with Crippen LogP contribution in [0.4, 0.5) is 10.2 Å². The second-order valence-electron chi connectivity index (χ2n) is 7.75. The number of benzene rings is 1. The molecule has 0 saturated carbocycles. The number of carbonyl (C=O) groups excluding carboxylic acids is 1. The number of nitrogens with one attached hydrogen (secondary N) is 1. The van der Waals surface area contributed by atoms with E-state index in [-0.39, 0.29) is 17.1 Å². The SMILES string of the molecule is CC(C)(C)c1cc(NC(=O)c2ccnc(-n3cncn3)c2)n(-c2ccc(F)cc2)n1. The van der Waals surface area contributed by atoms with Gasteiger partial charge in [0.2, 0.25) is 0 Å². The summed E-state index contributed by atoms with van der Waals surface area (Å²) >= 11 is 0. The molecule has 152 valence electrons. The van der Waals surface area contributed by atoms with Gasteiger partial charge in [0.25, 0.3) is 5.91 Å². The molecule has 3 heterocycles. The Morgan fingerprint density at radius 1 is 1.10 bits per heavy atom. The summed E-state index contributed by atoms with van der Waals surface area (Å²) in [7, 11) is 0. The Kier molecular flexibility index (Phi) is 4.86. The second kappa shape index (κ2) is 7.51. The third-order valence-corrected chi connectivity index (χ3v) is 4.45. The average molecular weight is 405 g/mol. The Balaban J connectivity index is 1.68. The summed E-state index contributed by atoms with van der Waals surface area (Å²) in [6.07, 6.45) is 4.43. The molecule has 9 heteroatoms. The van der Waals surface area contributed by atoms with Gasteiger partial charge < -0.3 is 5.32 Å². The van der Waals surface area contributed by atoms with Crippen LogP contribution in [0, 0.1) is 5.82 Å². The van der Waals surface area contributed by atoms with Crippen LogP contribution in [0.25, 0.3) is 11.5 Å². The second-order valence-corrected chi connectivity index (χ2v) is 7.75. The van der Waals surface area contributed by atoms with E-state index in [9.17, 15) is 9.18 Å². The molecule has 0 saturated heterocycles. The molecule has 0 atom stereocenters. The minimum Gasteiger partial charge on any atom is -0.306 e. The van der Waals surface area contributed by atoms with E-state index in [2.05, 4.69) is 25.5 Å². The van der Waals surface area contributed by atoms with Crippen molar-refractivity contribution >= 4 is 11.7 Å². The van der Waals surface area contributed by atoms with Gasteiger partial charge in [0, 0.05) is 23.2 Å². The number of aromatic nitrogens is 6. The van der Waals surface area contributed by atoms with Crippen LogP contribution in [-0.4, -0.2) is 35.4 Å². The molecule has 1 N–H and O–H groups in total. The molecule has 0 aliphatic heterocycles. The van der Waals surface area contributed by atoms with Gasteiger partial charge in [-0.05, 0) is 36.4 Å². The summed E-state index contributed by atoms with van der Waals surface area (Å²) in [5, 5.41) is 11.6. The summed E-state index contributed by atoms with van der Waals surface area (Å²) in [6, 6.07) is 11.0. The zero-order valence-corrected chi connectivity index (χ0v) is 16.7.